The van der Waals surface area contributed by atoms with Gasteiger partial charge in [0.1, 0.15) is 6.17 Å². The number of carbonyl (C=O) groups is 1. The van der Waals surface area contributed by atoms with Crippen LogP contribution in [0.4, 0.5) is 10.1 Å². The van der Waals surface area contributed by atoms with Crippen molar-refractivity contribution < 1.29 is 18.7 Å². The maximum Gasteiger partial charge on any atom is 0.223 e. The third-order valence-electron chi connectivity index (χ3n) is 6.20. The summed E-state index contributed by atoms with van der Waals surface area (Å²) in [5, 5.41) is 0. The Kier molecular flexibility index (Phi) is 5.90. The Balaban J connectivity index is 1.80. The monoisotopic (exact) mass is 424 g/mol. The van der Waals surface area contributed by atoms with Crippen molar-refractivity contribution in [1.82, 2.24) is 4.90 Å². The molecule has 31 heavy (non-hydrogen) atoms. The average Bonchev–Trinajstić information content (AvgIpc) is 3.14. The summed E-state index contributed by atoms with van der Waals surface area (Å²) in [5.74, 6) is 1.33. The Morgan fingerprint density at radius 2 is 1.77 bits per heavy atom. The molecule has 0 N–H and O–H groups in total. The van der Waals surface area contributed by atoms with Crippen LogP contribution in [0.25, 0.3) is 5.57 Å². The number of alkyl halides is 1. The second-order valence-electron chi connectivity index (χ2n) is 8.27. The van der Waals surface area contributed by atoms with Crippen molar-refractivity contribution in [3.05, 3.63) is 59.3 Å². The summed E-state index contributed by atoms with van der Waals surface area (Å²) >= 11 is 0. The second-order valence-corrected chi connectivity index (χ2v) is 8.27. The molecule has 2 unspecified atom stereocenters. The highest BCUT2D eigenvalue weighted by Gasteiger charge is 2.26. The lowest BCUT2D eigenvalue weighted by molar-refractivity contribution is -0.127. The van der Waals surface area contributed by atoms with Crippen LogP contribution in [0.1, 0.15) is 37.0 Å². The Labute approximate surface area is 183 Å². The number of hydrogen-bond donors (Lipinski definition) is 0. The van der Waals surface area contributed by atoms with E-state index in [2.05, 4.69) is 4.90 Å². The number of hydrogen-bond acceptors (Lipinski definition) is 4. The molecule has 0 aromatic heterocycles. The van der Waals surface area contributed by atoms with Crippen LogP contribution in [0.15, 0.2) is 42.6 Å². The van der Waals surface area contributed by atoms with Gasteiger partial charge in [-0.1, -0.05) is 12.1 Å². The molecule has 1 saturated heterocycles. The van der Waals surface area contributed by atoms with Gasteiger partial charge in [0.25, 0.3) is 0 Å². The summed E-state index contributed by atoms with van der Waals surface area (Å²) < 4.78 is 24.7. The first kappa shape index (κ1) is 21.2. The number of amides is 1. The van der Waals surface area contributed by atoms with Crippen LogP contribution in [0.3, 0.4) is 0 Å². The van der Waals surface area contributed by atoms with Gasteiger partial charge < -0.3 is 19.3 Å². The fourth-order valence-electron chi connectivity index (χ4n) is 4.53. The molecular weight excluding hydrogens is 395 g/mol. The molecule has 6 heteroatoms. The molecule has 5 nitrogen and oxygen atoms in total. The molecule has 2 aliphatic heterocycles. The molecule has 2 heterocycles. The van der Waals surface area contributed by atoms with Crippen LogP contribution in [-0.4, -0.2) is 50.3 Å². The zero-order valence-corrected chi connectivity index (χ0v) is 18.5. The maximum absolute atomic E-state index is 13.6. The molecule has 0 radical (unpaired) electrons. The quantitative estimate of drug-likeness (QED) is 0.728. The van der Waals surface area contributed by atoms with E-state index in [0.29, 0.717) is 30.9 Å². The fraction of sp³-hybridized carbons (Fsp3) is 0.400. The number of nitrogens with zero attached hydrogens (tertiary/aromatic N) is 2. The number of anilines is 1. The minimum Gasteiger partial charge on any atom is -0.493 e. The maximum atomic E-state index is 13.6. The van der Waals surface area contributed by atoms with E-state index in [1.54, 1.807) is 26.0 Å². The number of ether oxygens (including phenoxy) is 2. The Morgan fingerprint density at radius 3 is 2.35 bits per heavy atom. The van der Waals surface area contributed by atoms with Crippen molar-refractivity contribution in [3.8, 4) is 11.5 Å². The van der Waals surface area contributed by atoms with Crippen LogP contribution >= 0.6 is 0 Å². The van der Waals surface area contributed by atoms with Crippen molar-refractivity contribution in [2.75, 3.05) is 32.2 Å². The molecule has 0 aliphatic carbocycles. The Morgan fingerprint density at radius 1 is 1.10 bits per heavy atom. The average molecular weight is 425 g/mol. The molecule has 2 atom stereocenters. The molecule has 2 aromatic carbocycles. The minimum atomic E-state index is -0.760. The van der Waals surface area contributed by atoms with Crippen LogP contribution in [0.5, 0.6) is 11.5 Å². The van der Waals surface area contributed by atoms with E-state index in [1.807, 2.05) is 49.5 Å². The lowest BCUT2D eigenvalue weighted by Gasteiger charge is -2.23. The van der Waals surface area contributed by atoms with Gasteiger partial charge in [0.05, 0.1) is 14.2 Å². The van der Waals surface area contributed by atoms with Gasteiger partial charge in [-0.2, -0.15) is 0 Å². The highest BCUT2D eigenvalue weighted by atomic mass is 19.1. The minimum absolute atomic E-state index is 0.000546. The third kappa shape index (κ3) is 4.11. The van der Waals surface area contributed by atoms with Crippen LogP contribution in [0, 0.1) is 0 Å². The molecular formula is C25H29FN2O3. The van der Waals surface area contributed by atoms with Crippen LogP contribution in [-0.2, 0) is 11.2 Å². The van der Waals surface area contributed by atoms with Crippen molar-refractivity contribution in [2.45, 2.75) is 38.9 Å². The first-order valence-corrected chi connectivity index (χ1v) is 10.7. The summed E-state index contributed by atoms with van der Waals surface area (Å²) in [4.78, 5) is 16.2. The second kappa shape index (κ2) is 8.61. The van der Waals surface area contributed by atoms with Crippen LogP contribution < -0.4 is 14.4 Å². The number of rotatable bonds is 4. The summed E-state index contributed by atoms with van der Waals surface area (Å²) in [7, 11) is 3.25. The third-order valence-corrected chi connectivity index (χ3v) is 6.20. The number of halogens is 1. The van der Waals surface area contributed by atoms with E-state index in [4.69, 9.17) is 9.47 Å². The van der Waals surface area contributed by atoms with E-state index in [9.17, 15) is 9.18 Å². The van der Waals surface area contributed by atoms with E-state index in [1.165, 1.54) is 0 Å². The molecule has 164 valence electrons. The highest BCUT2D eigenvalue weighted by molar-refractivity contribution is 5.87. The zero-order valence-electron chi connectivity index (χ0n) is 18.5. The van der Waals surface area contributed by atoms with Gasteiger partial charge in [-0.3, -0.25) is 4.79 Å². The SMILES string of the molecule is COc1cc2c(cc1OC)C(c1ccc(N3CCC(F)C3)cc1)=CN(C(C)=O)C(C)C2. The topological polar surface area (TPSA) is 42.0 Å². The van der Waals surface area contributed by atoms with Crippen molar-refractivity contribution >= 4 is 17.2 Å². The standard InChI is InChI=1S/C25H29FN2O3/c1-16-11-19-12-24(30-3)25(31-4)13-22(19)23(15-28(16)17(2)29)18-5-7-21(8-6-18)27-10-9-20(26)14-27/h5-8,12-13,15-16,20H,9-11,14H2,1-4H3. The summed E-state index contributed by atoms with van der Waals surface area (Å²) in [5.41, 5.74) is 5.08. The van der Waals surface area contributed by atoms with Gasteiger partial charge in [0, 0.05) is 43.5 Å². The summed E-state index contributed by atoms with van der Waals surface area (Å²) in [6, 6.07) is 12.1. The Bertz CT molecular complexity index is 1000. The van der Waals surface area contributed by atoms with Gasteiger partial charge in [-0.15, -0.1) is 0 Å². The predicted octanol–water partition coefficient (Wildman–Crippen LogP) is 4.43. The van der Waals surface area contributed by atoms with Gasteiger partial charge in [-0.05, 0) is 60.7 Å². The van der Waals surface area contributed by atoms with E-state index < -0.39 is 6.17 Å². The first-order valence-electron chi connectivity index (χ1n) is 10.7. The lowest BCUT2D eigenvalue weighted by atomic mass is 9.92. The number of benzene rings is 2. The van der Waals surface area contributed by atoms with Crippen molar-refractivity contribution in [3.63, 3.8) is 0 Å². The molecule has 2 aliphatic rings. The lowest BCUT2D eigenvalue weighted by Crippen LogP contribution is -2.33. The smallest absolute Gasteiger partial charge is 0.223 e. The number of fused-ring (bicyclic) bond motifs is 1. The largest absolute Gasteiger partial charge is 0.493 e. The highest BCUT2D eigenvalue weighted by Crippen LogP contribution is 2.39. The van der Waals surface area contributed by atoms with Crippen molar-refractivity contribution in [1.29, 1.82) is 0 Å². The molecule has 0 spiro atoms. The molecule has 0 bridgehead atoms. The molecule has 2 aromatic rings. The van der Waals surface area contributed by atoms with Gasteiger partial charge >= 0.3 is 0 Å². The summed E-state index contributed by atoms with van der Waals surface area (Å²) in [6.45, 7) is 4.81. The van der Waals surface area contributed by atoms with E-state index in [0.717, 1.165) is 34.5 Å². The van der Waals surface area contributed by atoms with Gasteiger partial charge in [0.15, 0.2) is 11.5 Å². The first-order chi connectivity index (χ1) is 14.9. The normalized spacial score (nSPS) is 20.7. The molecule has 4 rings (SSSR count). The zero-order chi connectivity index (χ0) is 22.1. The molecule has 1 amide bonds. The number of carbonyl (C=O) groups excluding carboxylic acids is 1. The van der Waals surface area contributed by atoms with Gasteiger partial charge in [-0.25, -0.2) is 4.39 Å². The van der Waals surface area contributed by atoms with Gasteiger partial charge in [0.2, 0.25) is 5.91 Å². The van der Waals surface area contributed by atoms with Crippen LogP contribution in [0.2, 0.25) is 0 Å². The fourth-order valence-corrected chi connectivity index (χ4v) is 4.53. The molecule has 0 saturated carbocycles. The Hall–Kier alpha value is -3.02. The van der Waals surface area contributed by atoms with Crippen molar-refractivity contribution in [2.24, 2.45) is 0 Å². The predicted molar refractivity (Wildman–Crippen MR) is 120 cm³/mol. The molecule has 1 fully saturated rings. The van der Waals surface area contributed by atoms with E-state index in [-0.39, 0.29) is 11.9 Å². The van der Waals surface area contributed by atoms with E-state index >= 15 is 0 Å². The summed E-state index contributed by atoms with van der Waals surface area (Å²) in [6.07, 6.45) is 2.46. The number of methoxy groups -OCH3 is 2.